The zero-order valence-electron chi connectivity index (χ0n) is 9.98. The summed E-state index contributed by atoms with van der Waals surface area (Å²) in [7, 11) is 0. The first-order chi connectivity index (χ1) is 9.29. The fourth-order valence-electron chi connectivity index (χ4n) is 2.35. The lowest BCUT2D eigenvalue weighted by atomic mass is 10.2. The fraction of sp³-hybridized carbons (Fsp3) is 0. The smallest absolute Gasteiger partial charge is 0.0566 e. The predicted molar refractivity (Wildman–Crippen MR) is 84.1 cm³/mol. The number of hydrogen-bond donors (Lipinski definition) is 1. The Morgan fingerprint density at radius 3 is 2.68 bits per heavy atom. The molecule has 0 fully saturated rings. The Hall–Kier alpha value is -1.77. The molecule has 0 atom stereocenters. The quantitative estimate of drug-likeness (QED) is 0.461. The molecule has 4 rings (SSSR count). The van der Waals surface area contributed by atoms with E-state index in [1.165, 1.54) is 15.0 Å². The van der Waals surface area contributed by atoms with Crippen LogP contribution in [0.25, 0.3) is 31.6 Å². The first kappa shape index (κ1) is 11.1. The van der Waals surface area contributed by atoms with E-state index >= 15 is 0 Å². The van der Waals surface area contributed by atoms with Gasteiger partial charge in [0, 0.05) is 20.6 Å². The molecule has 2 aromatic carbocycles. The highest BCUT2D eigenvalue weighted by molar-refractivity contribution is 7.22. The summed E-state index contributed by atoms with van der Waals surface area (Å²) in [4.78, 5) is 4.71. The van der Waals surface area contributed by atoms with Crippen molar-refractivity contribution in [2.45, 2.75) is 0 Å². The van der Waals surface area contributed by atoms with Gasteiger partial charge in [-0.1, -0.05) is 29.8 Å². The first-order valence-electron chi connectivity index (χ1n) is 6.07. The van der Waals surface area contributed by atoms with Crippen LogP contribution in [0.3, 0.4) is 0 Å². The monoisotopic (exact) mass is 283 g/mol. The number of halogens is 1. The van der Waals surface area contributed by atoms with E-state index in [2.05, 4.69) is 41.4 Å². The number of benzene rings is 2. The zero-order valence-corrected chi connectivity index (χ0v) is 11.6. The average Bonchev–Trinajstić information content (AvgIpc) is 3.00. The van der Waals surface area contributed by atoms with E-state index in [0.29, 0.717) is 0 Å². The molecule has 92 valence electrons. The molecule has 0 saturated carbocycles. The Bertz CT molecular complexity index is 855. The molecule has 3 heteroatoms. The topological polar surface area (TPSA) is 15.8 Å². The number of fused-ring (bicyclic) bond motifs is 2. The van der Waals surface area contributed by atoms with Crippen LogP contribution < -0.4 is 0 Å². The zero-order chi connectivity index (χ0) is 12.8. The first-order valence-corrected chi connectivity index (χ1v) is 7.26. The third-order valence-corrected chi connectivity index (χ3v) is 4.66. The molecule has 1 nitrogen and oxygen atoms in total. The van der Waals surface area contributed by atoms with Gasteiger partial charge in [-0.2, -0.15) is 0 Å². The third kappa shape index (κ3) is 1.84. The highest BCUT2D eigenvalue weighted by atomic mass is 35.5. The Morgan fingerprint density at radius 2 is 1.79 bits per heavy atom. The van der Waals surface area contributed by atoms with Crippen molar-refractivity contribution in [3.05, 3.63) is 59.6 Å². The van der Waals surface area contributed by atoms with Crippen LogP contribution in [0.4, 0.5) is 0 Å². The summed E-state index contributed by atoms with van der Waals surface area (Å²) >= 11 is 7.83. The number of aromatic amines is 1. The molecular formula is C16H10ClNS. The summed E-state index contributed by atoms with van der Waals surface area (Å²) in [5.41, 5.74) is 2.27. The van der Waals surface area contributed by atoms with Gasteiger partial charge in [0.15, 0.2) is 0 Å². The summed E-state index contributed by atoms with van der Waals surface area (Å²) in [6, 6.07) is 18.8. The van der Waals surface area contributed by atoms with E-state index < -0.39 is 0 Å². The maximum absolute atomic E-state index is 6.03. The number of nitrogens with one attached hydrogen (secondary N) is 1. The van der Waals surface area contributed by atoms with Gasteiger partial charge in [-0.15, -0.1) is 11.3 Å². The average molecular weight is 284 g/mol. The summed E-state index contributed by atoms with van der Waals surface area (Å²) in [6.45, 7) is 0. The maximum Gasteiger partial charge on any atom is 0.0566 e. The van der Waals surface area contributed by atoms with Crippen LogP contribution in [0.15, 0.2) is 54.6 Å². The minimum Gasteiger partial charge on any atom is -0.354 e. The Labute approximate surface area is 119 Å². The molecule has 0 amide bonds. The normalized spacial score (nSPS) is 11.4. The Kier molecular flexibility index (Phi) is 2.40. The maximum atomic E-state index is 6.03. The molecule has 2 heterocycles. The lowest BCUT2D eigenvalue weighted by Crippen LogP contribution is -1.69. The van der Waals surface area contributed by atoms with Crippen LogP contribution in [-0.4, -0.2) is 4.98 Å². The molecule has 0 unspecified atom stereocenters. The highest BCUT2D eigenvalue weighted by Crippen LogP contribution is 2.34. The van der Waals surface area contributed by atoms with Crippen molar-refractivity contribution in [3.63, 3.8) is 0 Å². The molecule has 0 spiro atoms. The van der Waals surface area contributed by atoms with Crippen LogP contribution in [0.2, 0.25) is 5.02 Å². The van der Waals surface area contributed by atoms with Gasteiger partial charge in [-0.25, -0.2) is 0 Å². The van der Waals surface area contributed by atoms with Crippen molar-refractivity contribution in [2.24, 2.45) is 0 Å². The minimum absolute atomic E-state index is 0.773. The summed E-state index contributed by atoms with van der Waals surface area (Å²) in [5, 5.41) is 3.22. The van der Waals surface area contributed by atoms with Crippen molar-refractivity contribution in [2.75, 3.05) is 0 Å². The van der Waals surface area contributed by atoms with Gasteiger partial charge in [0.2, 0.25) is 0 Å². The standard InChI is InChI=1S/C16H10ClNS/c17-12-5-6-13-11(7-12)8-14(18-13)16-9-10-3-1-2-4-15(10)19-16/h1-9,18H. The number of aromatic nitrogens is 1. The Morgan fingerprint density at radius 1 is 0.895 bits per heavy atom. The van der Waals surface area contributed by atoms with Crippen LogP contribution in [0, 0.1) is 0 Å². The molecule has 0 aliphatic carbocycles. The van der Waals surface area contributed by atoms with Crippen LogP contribution in [0.5, 0.6) is 0 Å². The second-order valence-electron chi connectivity index (χ2n) is 4.56. The molecule has 19 heavy (non-hydrogen) atoms. The fourth-order valence-corrected chi connectivity index (χ4v) is 3.57. The molecule has 2 aromatic heterocycles. The van der Waals surface area contributed by atoms with Gasteiger partial charge in [-0.3, -0.25) is 0 Å². The van der Waals surface area contributed by atoms with Gasteiger partial charge in [0.25, 0.3) is 0 Å². The number of hydrogen-bond acceptors (Lipinski definition) is 1. The van der Waals surface area contributed by atoms with Crippen molar-refractivity contribution < 1.29 is 0 Å². The molecule has 1 N–H and O–H groups in total. The van der Waals surface area contributed by atoms with E-state index in [-0.39, 0.29) is 0 Å². The SMILES string of the molecule is Clc1ccc2[nH]c(-c3cc4ccccc4s3)cc2c1. The molecule has 0 aliphatic rings. The van der Waals surface area contributed by atoms with Crippen molar-refractivity contribution in [1.29, 1.82) is 0 Å². The summed E-state index contributed by atoms with van der Waals surface area (Å²) in [6.07, 6.45) is 0. The molecule has 0 radical (unpaired) electrons. The molecule has 4 aromatic rings. The van der Waals surface area contributed by atoms with Gasteiger partial charge in [-0.05, 0) is 41.8 Å². The predicted octanol–water partition coefficient (Wildman–Crippen LogP) is 5.70. The second kappa shape index (κ2) is 4.12. The van der Waals surface area contributed by atoms with E-state index in [0.717, 1.165) is 21.6 Å². The molecule has 0 bridgehead atoms. The van der Waals surface area contributed by atoms with Crippen LogP contribution >= 0.6 is 22.9 Å². The highest BCUT2D eigenvalue weighted by Gasteiger charge is 2.07. The summed E-state index contributed by atoms with van der Waals surface area (Å²) < 4.78 is 1.31. The molecular weight excluding hydrogens is 274 g/mol. The van der Waals surface area contributed by atoms with Crippen LogP contribution in [0.1, 0.15) is 0 Å². The van der Waals surface area contributed by atoms with Crippen LogP contribution in [-0.2, 0) is 0 Å². The van der Waals surface area contributed by atoms with Gasteiger partial charge >= 0.3 is 0 Å². The second-order valence-corrected chi connectivity index (χ2v) is 6.08. The number of thiophene rings is 1. The van der Waals surface area contributed by atoms with Gasteiger partial charge in [0.05, 0.1) is 10.6 Å². The van der Waals surface area contributed by atoms with E-state index in [1.807, 2.05) is 18.2 Å². The lowest BCUT2D eigenvalue weighted by Gasteiger charge is -1.89. The molecule has 0 saturated heterocycles. The van der Waals surface area contributed by atoms with E-state index in [4.69, 9.17) is 11.6 Å². The number of H-pyrrole nitrogens is 1. The van der Waals surface area contributed by atoms with E-state index in [1.54, 1.807) is 11.3 Å². The van der Waals surface area contributed by atoms with Gasteiger partial charge < -0.3 is 4.98 Å². The largest absolute Gasteiger partial charge is 0.354 e. The van der Waals surface area contributed by atoms with E-state index in [9.17, 15) is 0 Å². The molecule has 0 aliphatic heterocycles. The number of rotatable bonds is 1. The van der Waals surface area contributed by atoms with Crippen molar-refractivity contribution in [1.82, 2.24) is 4.98 Å². The lowest BCUT2D eigenvalue weighted by molar-refractivity contribution is 1.48. The minimum atomic E-state index is 0.773. The third-order valence-electron chi connectivity index (χ3n) is 3.27. The summed E-state index contributed by atoms with van der Waals surface area (Å²) in [5.74, 6) is 0. The van der Waals surface area contributed by atoms with Crippen molar-refractivity contribution in [3.8, 4) is 10.6 Å². The van der Waals surface area contributed by atoms with Gasteiger partial charge in [0.1, 0.15) is 0 Å². The Balaban J connectivity index is 1.93. The van der Waals surface area contributed by atoms with Crippen molar-refractivity contribution >= 4 is 43.9 Å².